The number of fused-ring (bicyclic) bond motifs is 2. The van der Waals surface area contributed by atoms with E-state index in [-0.39, 0.29) is 50.9 Å². The normalized spacial score (nSPS) is 18.0. The van der Waals surface area contributed by atoms with E-state index in [2.05, 4.69) is 16.0 Å². The standard InChI is InChI=1S/C35H41N5O9/c1-2-14-40-31(42)26(10-6-7-13-36-34(45)46-21-23-8-4-3-5-9-23)38-32(43)35(40)11-15-39(16-12-35)33(44)37-20-24-17-30(41)49-27-19-29-28(18-25(24)27)47-22-48-29/h3-5,8-9,17-19,26H,2,6-7,10-16,20-22H2,1H3,(H,36,45)(H,37,44)(H,38,43)/t26-/m0/s1. The Bertz CT molecular complexity index is 1750. The highest BCUT2D eigenvalue weighted by Crippen LogP contribution is 2.37. The van der Waals surface area contributed by atoms with Crippen molar-refractivity contribution in [1.29, 1.82) is 0 Å². The third-order valence-corrected chi connectivity index (χ3v) is 9.29. The zero-order valence-electron chi connectivity index (χ0n) is 27.5. The van der Waals surface area contributed by atoms with Gasteiger partial charge >= 0.3 is 17.7 Å². The van der Waals surface area contributed by atoms with Crippen molar-refractivity contribution < 1.29 is 37.8 Å². The van der Waals surface area contributed by atoms with Crippen LogP contribution in [-0.2, 0) is 27.5 Å². The molecule has 3 N–H and O–H groups in total. The molecule has 14 nitrogen and oxygen atoms in total. The first-order valence-electron chi connectivity index (χ1n) is 16.7. The number of alkyl carbamates (subject to hydrolysis) is 1. The lowest BCUT2D eigenvalue weighted by Gasteiger charge is -2.51. The molecule has 5 amide bonds. The monoisotopic (exact) mass is 675 g/mol. The van der Waals surface area contributed by atoms with Crippen molar-refractivity contribution in [3.63, 3.8) is 0 Å². The zero-order chi connectivity index (χ0) is 34.4. The first-order chi connectivity index (χ1) is 23.8. The Morgan fingerprint density at radius 3 is 2.51 bits per heavy atom. The van der Waals surface area contributed by atoms with Gasteiger partial charge in [-0.15, -0.1) is 0 Å². The van der Waals surface area contributed by atoms with E-state index in [1.807, 2.05) is 37.3 Å². The highest BCUT2D eigenvalue weighted by Gasteiger charge is 2.53. The predicted molar refractivity (Wildman–Crippen MR) is 177 cm³/mol. The largest absolute Gasteiger partial charge is 0.454 e. The Kier molecular flexibility index (Phi) is 10.2. The number of ether oxygens (including phenoxy) is 3. The van der Waals surface area contributed by atoms with Crippen LogP contribution >= 0.6 is 0 Å². The van der Waals surface area contributed by atoms with E-state index in [1.54, 1.807) is 21.9 Å². The molecule has 0 unspecified atom stereocenters. The second kappa shape index (κ2) is 14.9. The molecule has 0 aliphatic carbocycles. The summed E-state index contributed by atoms with van der Waals surface area (Å²) in [6.07, 6.45) is 2.49. The number of carbonyl (C=O) groups is 4. The first-order valence-corrected chi connectivity index (χ1v) is 16.7. The molecule has 0 saturated carbocycles. The van der Waals surface area contributed by atoms with Gasteiger partial charge in [0.05, 0.1) is 0 Å². The molecule has 2 saturated heterocycles. The zero-order valence-corrected chi connectivity index (χ0v) is 27.5. The summed E-state index contributed by atoms with van der Waals surface area (Å²) < 4.78 is 21.4. The van der Waals surface area contributed by atoms with E-state index in [0.717, 1.165) is 5.56 Å². The van der Waals surface area contributed by atoms with Gasteiger partial charge in [-0.1, -0.05) is 37.3 Å². The minimum Gasteiger partial charge on any atom is -0.454 e. The molecular weight excluding hydrogens is 634 g/mol. The van der Waals surface area contributed by atoms with Crippen LogP contribution in [0, 0.1) is 0 Å². The highest BCUT2D eigenvalue weighted by molar-refractivity contribution is 6.00. The van der Waals surface area contributed by atoms with Crippen LogP contribution in [0.15, 0.2) is 57.7 Å². The van der Waals surface area contributed by atoms with Gasteiger partial charge in [-0.05, 0) is 55.7 Å². The molecule has 2 aromatic carbocycles. The first kappa shape index (κ1) is 33.6. The number of rotatable bonds is 11. The Morgan fingerprint density at radius 1 is 1.00 bits per heavy atom. The van der Waals surface area contributed by atoms with Crippen LogP contribution < -0.4 is 31.0 Å². The average molecular weight is 676 g/mol. The fraction of sp³-hybridized carbons (Fsp3) is 0.457. The van der Waals surface area contributed by atoms with Crippen molar-refractivity contribution in [2.45, 2.75) is 70.2 Å². The Labute approximate surface area is 283 Å². The summed E-state index contributed by atoms with van der Waals surface area (Å²) in [5.41, 5.74) is 0.230. The Balaban J connectivity index is 0.986. The molecule has 4 heterocycles. The van der Waals surface area contributed by atoms with E-state index in [4.69, 9.17) is 18.6 Å². The maximum atomic E-state index is 13.7. The van der Waals surface area contributed by atoms with Gasteiger partial charge in [0.2, 0.25) is 18.6 Å². The molecule has 1 aromatic heterocycles. The van der Waals surface area contributed by atoms with Crippen LogP contribution in [0.1, 0.15) is 56.6 Å². The molecule has 49 heavy (non-hydrogen) atoms. The van der Waals surface area contributed by atoms with Crippen molar-refractivity contribution in [3.05, 3.63) is 70.1 Å². The lowest BCUT2D eigenvalue weighted by molar-refractivity contribution is -0.161. The number of piperazine rings is 1. The van der Waals surface area contributed by atoms with Gasteiger partial charge in [0.25, 0.3) is 0 Å². The van der Waals surface area contributed by atoms with Crippen LogP contribution in [-0.4, -0.2) is 78.3 Å². The summed E-state index contributed by atoms with van der Waals surface area (Å²) >= 11 is 0. The van der Waals surface area contributed by atoms with Crippen molar-refractivity contribution in [2.75, 3.05) is 33.0 Å². The number of unbranched alkanes of at least 4 members (excludes halogenated alkanes) is 1. The van der Waals surface area contributed by atoms with Crippen LogP contribution in [0.25, 0.3) is 11.0 Å². The van der Waals surface area contributed by atoms with Crippen LogP contribution in [0.2, 0.25) is 0 Å². The Morgan fingerprint density at radius 2 is 1.76 bits per heavy atom. The van der Waals surface area contributed by atoms with E-state index >= 15 is 0 Å². The quantitative estimate of drug-likeness (QED) is 0.204. The number of benzene rings is 2. The summed E-state index contributed by atoms with van der Waals surface area (Å²) in [7, 11) is 0. The third kappa shape index (κ3) is 7.42. The number of carbonyl (C=O) groups excluding carboxylic acids is 4. The van der Waals surface area contributed by atoms with Crippen molar-refractivity contribution in [3.8, 4) is 11.5 Å². The fourth-order valence-electron chi connectivity index (χ4n) is 6.68. The van der Waals surface area contributed by atoms with Crippen LogP contribution in [0.3, 0.4) is 0 Å². The number of amides is 5. The number of likely N-dealkylation sites (tertiary alicyclic amines) is 1. The lowest BCUT2D eigenvalue weighted by Crippen LogP contribution is -2.73. The van der Waals surface area contributed by atoms with Gasteiger partial charge in [0, 0.05) is 50.2 Å². The Hall–Kier alpha value is -5.27. The van der Waals surface area contributed by atoms with Crippen LogP contribution in [0.5, 0.6) is 11.5 Å². The predicted octanol–water partition coefficient (Wildman–Crippen LogP) is 3.40. The summed E-state index contributed by atoms with van der Waals surface area (Å²) in [5, 5.41) is 9.20. The molecule has 14 heteroatoms. The highest BCUT2D eigenvalue weighted by atomic mass is 16.7. The molecular formula is C35H41N5O9. The van der Waals surface area contributed by atoms with Gasteiger partial charge in [-0.2, -0.15) is 0 Å². The molecule has 6 rings (SSSR count). The summed E-state index contributed by atoms with van der Waals surface area (Å²) in [6.45, 7) is 3.69. The van der Waals surface area contributed by atoms with Gasteiger partial charge in [0.15, 0.2) is 11.5 Å². The van der Waals surface area contributed by atoms with Crippen molar-refractivity contribution in [1.82, 2.24) is 25.8 Å². The number of nitrogens with zero attached hydrogens (tertiary/aromatic N) is 2. The topological polar surface area (TPSA) is 169 Å². The minimum atomic E-state index is -1.03. The molecule has 0 radical (unpaired) electrons. The van der Waals surface area contributed by atoms with Crippen LogP contribution in [0.4, 0.5) is 9.59 Å². The number of hydrogen-bond acceptors (Lipinski definition) is 9. The van der Waals surface area contributed by atoms with E-state index in [9.17, 15) is 24.0 Å². The van der Waals surface area contributed by atoms with E-state index in [0.29, 0.717) is 79.6 Å². The number of hydrogen-bond donors (Lipinski definition) is 3. The second-order valence-electron chi connectivity index (χ2n) is 12.5. The molecule has 0 bridgehead atoms. The molecule has 2 fully saturated rings. The molecule has 3 aromatic rings. The fourth-order valence-corrected chi connectivity index (χ4v) is 6.68. The summed E-state index contributed by atoms with van der Waals surface area (Å²) in [6, 6.07) is 13.1. The number of piperidine rings is 1. The molecule has 3 aliphatic heterocycles. The SMILES string of the molecule is CCCN1C(=O)[C@H](CCCCNC(=O)OCc2ccccc2)NC(=O)C12CCN(C(=O)NCc1cc(=O)oc3cc4c(cc13)OCO4)CC2. The van der Waals surface area contributed by atoms with Gasteiger partial charge < -0.3 is 44.4 Å². The lowest BCUT2D eigenvalue weighted by atomic mass is 9.81. The molecule has 1 atom stereocenters. The van der Waals surface area contributed by atoms with E-state index in [1.165, 1.54) is 6.07 Å². The molecule has 1 spiro atoms. The van der Waals surface area contributed by atoms with Crippen molar-refractivity contribution in [2.24, 2.45) is 0 Å². The summed E-state index contributed by atoms with van der Waals surface area (Å²) in [5.74, 6) is 0.696. The minimum absolute atomic E-state index is 0.0751. The second-order valence-corrected chi connectivity index (χ2v) is 12.5. The average Bonchev–Trinajstić information content (AvgIpc) is 3.57. The smallest absolute Gasteiger partial charge is 0.407 e. The molecule has 3 aliphatic rings. The van der Waals surface area contributed by atoms with E-state index < -0.39 is 23.3 Å². The van der Waals surface area contributed by atoms with Gasteiger partial charge in [-0.25, -0.2) is 14.4 Å². The van der Waals surface area contributed by atoms with Crippen molar-refractivity contribution >= 4 is 34.9 Å². The maximum absolute atomic E-state index is 13.7. The third-order valence-electron chi connectivity index (χ3n) is 9.29. The summed E-state index contributed by atoms with van der Waals surface area (Å²) in [4.78, 5) is 68.1. The number of urea groups is 1. The van der Waals surface area contributed by atoms with Gasteiger partial charge in [0.1, 0.15) is 23.8 Å². The molecule has 260 valence electrons. The number of nitrogens with one attached hydrogen (secondary N) is 3. The maximum Gasteiger partial charge on any atom is 0.407 e. The van der Waals surface area contributed by atoms with Gasteiger partial charge in [-0.3, -0.25) is 9.59 Å².